The van der Waals surface area contributed by atoms with Crippen molar-refractivity contribution in [1.82, 2.24) is 10.6 Å². The van der Waals surface area contributed by atoms with Crippen molar-refractivity contribution < 1.29 is 9.18 Å². The highest BCUT2D eigenvalue weighted by molar-refractivity contribution is 7.09. The van der Waals surface area contributed by atoms with Crippen LogP contribution in [0, 0.1) is 5.82 Å². The summed E-state index contributed by atoms with van der Waals surface area (Å²) in [6, 6.07) is 9.87. The van der Waals surface area contributed by atoms with Crippen LogP contribution in [0.2, 0.25) is 0 Å². The molecule has 7 heteroatoms. The van der Waals surface area contributed by atoms with E-state index in [0.29, 0.717) is 11.6 Å². The number of hydrogen-bond donors (Lipinski definition) is 3. The van der Waals surface area contributed by atoms with Gasteiger partial charge in [-0.3, -0.25) is 9.79 Å². The van der Waals surface area contributed by atoms with Crippen molar-refractivity contribution in [3.8, 4) is 0 Å². The Hall–Kier alpha value is -2.41. The predicted octanol–water partition coefficient (Wildman–Crippen LogP) is 2.23. The number of hydrogen-bond acceptors (Lipinski definition) is 3. The summed E-state index contributed by atoms with van der Waals surface area (Å²) in [4.78, 5) is 17.2. The van der Waals surface area contributed by atoms with Crippen LogP contribution in [-0.4, -0.2) is 32.0 Å². The van der Waals surface area contributed by atoms with E-state index in [1.165, 1.54) is 17.0 Å². The summed E-state index contributed by atoms with van der Waals surface area (Å²) in [5, 5.41) is 10.7. The normalized spacial score (nSPS) is 11.1. The summed E-state index contributed by atoms with van der Waals surface area (Å²) in [7, 11) is 1.64. The van der Waals surface area contributed by atoms with Crippen molar-refractivity contribution in [2.75, 3.05) is 25.5 Å². The van der Waals surface area contributed by atoms with Gasteiger partial charge < -0.3 is 16.0 Å². The van der Waals surface area contributed by atoms with Crippen molar-refractivity contribution in [2.24, 2.45) is 4.99 Å². The van der Waals surface area contributed by atoms with Gasteiger partial charge in [0.25, 0.3) is 0 Å². The number of aliphatic imine (C=N–C) groups is 1. The van der Waals surface area contributed by atoms with Crippen LogP contribution in [-0.2, 0) is 11.2 Å². The van der Waals surface area contributed by atoms with E-state index in [2.05, 4.69) is 27.0 Å². The minimum absolute atomic E-state index is 0.0508. The van der Waals surface area contributed by atoms with E-state index in [-0.39, 0.29) is 18.3 Å². The van der Waals surface area contributed by atoms with E-state index in [0.717, 1.165) is 13.0 Å². The molecular formula is C16H19FN4OS. The van der Waals surface area contributed by atoms with Gasteiger partial charge in [0.1, 0.15) is 5.82 Å². The Morgan fingerprint density at radius 1 is 1.26 bits per heavy atom. The van der Waals surface area contributed by atoms with E-state index in [1.807, 2.05) is 11.4 Å². The van der Waals surface area contributed by atoms with Crippen LogP contribution in [0.1, 0.15) is 4.88 Å². The highest BCUT2D eigenvalue weighted by Crippen LogP contribution is 2.09. The number of guanidine groups is 1. The molecule has 122 valence electrons. The molecule has 1 amide bonds. The van der Waals surface area contributed by atoms with Crippen LogP contribution in [0.25, 0.3) is 0 Å². The topological polar surface area (TPSA) is 65.5 Å². The molecule has 0 aliphatic rings. The van der Waals surface area contributed by atoms with Gasteiger partial charge in [-0.15, -0.1) is 11.3 Å². The number of halogens is 1. The van der Waals surface area contributed by atoms with Gasteiger partial charge in [0.05, 0.1) is 6.54 Å². The first-order valence-corrected chi connectivity index (χ1v) is 8.07. The number of nitrogens with zero attached hydrogens (tertiary/aromatic N) is 1. The predicted molar refractivity (Wildman–Crippen MR) is 92.4 cm³/mol. The molecule has 0 unspecified atom stereocenters. The maximum atomic E-state index is 13.0. The summed E-state index contributed by atoms with van der Waals surface area (Å²) in [6.07, 6.45) is 0.897. The molecule has 5 nitrogen and oxygen atoms in total. The number of thiophene rings is 1. The smallest absolute Gasteiger partial charge is 0.243 e. The molecule has 3 N–H and O–H groups in total. The molecule has 0 aliphatic heterocycles. The highest BCUT2D eigenvalue weighted by atomic mass is 32.1. The van der Waals surface area contributed by atoms with E-state index in [1.54, 1.807) is 30.5 Å². The lowest BCUT2D eigenvalue weighted by Gasteiger charge is -2.11. The Balaban J connectivity index is 1.71. The zero-order valence-corrected chi connectivity index (χ0v) is 13.6. The van der Waals surface area contributed by atoms with Gasteiger partial charge in [-0.1, -0.05) is 12.1 Å². The Morgan fingerprint density at radius 2 is 2.13 bits per heavy atom. The summed E-state index contributed by atoms with van der Waals surface area (Å²) in [5.41, 5.74) is 0.428. The average Bonchev–Trinajstić information content (AvgIpc) is 3.04. The molecule has 0 spiro atoms. The lowest BCUT2D eigenvalue weighted by molar-refractivity contribution is -0.115. The average molecular weight is 334 g/mol. The minimum atomic E-state index is -0.387. The van der Waals surface area contributed by atoms with Crippen LogP contribution >= 0.6 is 11.3 Å². The highest BCUT2D eigenvalue weighted by Gasteiger charge is 2.05. The molecule has 0 aliphatic carbocycles. The number of anilines is 1. The fraction of sp³-hybridized carbons (Fsp3) is 0.250. The second kappa shape index (κ2) is 8.89. The fourth-order valence-electron chi connectivity index (χ4n) is 1.91. The lowest BCUT2D eigenvalue weighted by atomic mass is 10.3. The number of carbonyl (C=O) groups excluding carboxylic acids is 1. The fourth-order valence-corrected chi connectivity index (χ4v) is 2.62. The summed E-state index contributed by atoms with van der Waals surface area (Å²) in [6.45, 7) is 0.779. The van der Waals surface area contributed by atoms with Gasteiger partial charge in [0.2, 0.25) is 5.91 Å². The van der Waals surface area contributed by atoms with Crippen molar-refractivity contribution >= 4 is 28.9 Å². The number of nitrogens with one attached hydrogen (secondary N) is 3. The largest absolute Gasteiger partial charge is 0.356 e. The van der Waals surface area contributed by atoms with E-state index in [9.17, 15) is 9.18 Å². The first kappa shape index (κ1) is 17.0. The van der Waals surface area contributed by atoms with Gasteiger partial charge in [0, 0.05) is 24.2 Å². The monoisotopic (exact) mass is 334 g/mol. The molecule has 2 aromatic rings. The van der Waals surface area contributed by atoms with E-state index >= 15 is 0 Å². The van der Waals surface area contributed by atoms with Crippen molar-refractivity contribution in [3.05, 3.63) is 52.5 Å². The zero-order chi connectivity index (χ0) is 16.5. The third kappa shape index (κ3) is 6.07. The summed E-state index contributed by atoms with van der Waals surface area (Å²) in [5.74, 6) is -0.102. The number of carbonyl (C=O) groups is 1. The van der Waals surface area contributed by atoms with Crippen LogP contribution < -0.4 is 16.0 Å². The van der Waals surface area contributed by atoms with Crippen molar-refractivity contribution in [3.63, 3.8) is 0 Å². The van der Waals surface area contributed by atoms with Crippen molar-refractivity contribution in [2.45, 2.75) is 6.42 Å². The molecular weight excluding hydrogens is 315 g/mol. The standard InChI is InChI=1S/C16H19FN4OS/c1-18-16(19-8-7-14-6-3-9-23-14)20-11-15(22)21-13-5-2-4-12(17)10-13/h2-6,9-10H,7-8,11H2,1H3,(H,21,22)(H2,18,19,20). The maximum Gasteiger partial charge on any atom is 0.243 e. The first-order valence-electron chi connectivity index (χ1n) is 7.19. The Kier molecular flexibility index (Phi) is 6.56. The van der Waals surface area contributed by atoms with Crippen LogP contribution in [0.4, 0.5) is 10.1 Å². The lowest BCUT2D eigenvalue weighted by Crippen LogP contribution is -2.42. The Labute approximate surface area is 138 Å². The number of rotatable bonds is 6. The zero-order valence-electron chi connectivity index (χ0n) is 12.8. The number of amides is 1. The quantitative estimate of drug-likeness (QED) is 0.561. The Bertz CT molecular complexity index is 658. The number of benzene rings is 1. The summed E-state index contributed by atoms with van der Waals surface area (Å²) >= 11 is 1.71. The SMILES string of the molecule is CN=C(NCCc1cccs1)NCC(=O)Nc1cccc(F)c1. The van der Waals surface area contributed by atoms with Gasteiger partial charge in [-0.25, -0.2) is 4.39 Å². The minimum Gasteiger partial charge on any atom is -0.356 e. The third-order valence-corrected chi connectivity index (χ3v) is 3.93. The molecule has 1 aromatic heterocycles. The van der Waals surface area contributed by atoms with Gasteiger partial charge >= 0.3 is 0 Å². The third-order valence-electron chi connectivity index (χ3n) is 2.99. The van der Waals surface area contributed by atoms with Crippen LogP contribution in [0.3, 0.4) is 0 Å². The van der Waals surface area contributed by atoms with E-state index in [4.69, 9.17) is 0 Å². The molecule has 0 atom stereocenters. The molecule has 0 saturated heterocycles. The van der Waals surface area contributed by atoms with Crippen molar-refractivity contribution in [1.29, 1.82) is 0 Å². The molecule has 0 fully saturated rings. The van der Waals surface area contributed by atoms with Gasteiger partial charge in [0.15, 0.2) is 5.96 Å². The second-order valence-electron chi connectivity index (χ2n) is 4.74. The second-order valence-corrected chi connectivity index (χ2v) is 5.77. The molecule has 2 rings (SSSR count). The van der Waals surface area contributed by atoms with Gasteiger partial charge in [-0.05, 0) is 36.1 Å². The molecule has 23 heavy (non-hydrogen) atoms. The molecule has 1 heterocycles. The summed E-state index contributed by atoms with van der Waals surface area (Å²) < 4.78 is 13.0. The first-order chi connectivity index (χ1) is 11.2. The molecule has 0 radical (unpaired) electrons. The van der Waals surface area contributed by atoms with Crippen LogP contribution in [0.5, 0.6) is 0 Å². The molecule has 1 aromatic carbocycles. The molecule has 0 bridgehead atoms. The van der Waals surface area contributed by atoms with E-state index < -0.39 is 0 Å². The Morgan fingerprint density at radius 3 is 2.83 bits per heavy atom. The maximum absolute atomic E-state index is 13.0. The van der Waals surface area contributed by atoms with Gasteiger partial charge in [-0.2, -0.15) is 0 Å². The van der Waals surface area contributed by atoms with Crippen LogP contribution in [0.15, 0.2) is 46.8 Å². The molecule has 0 saturated carbocycles.